The van der Waals surface area contributed by atoms with Crippen molar-refractivity contribution >= 4 is 29.9 Å². The lowest BCUT2D eigenvalue weighted by Crippen LogP contribution is -2.41. The van der Waals surface area contributed by atoms with Gasteiger partial charge in [0.25, 0.3) is 0 Å². The number of likely N-dealkylation sites (N-methyl/N-ethyl adjacent to an activating group) is 1. The van der Waals surface area contributed by atoms with Crippen LogP contribution >= 0.6 is 24.0 Å². The molecule has 0 saturated heterocycles. The van der Waals surface area contributed by atoms with Gasteiger partial charge in [0, 0.05) is 27.2 Å². The average molecular weight is 435 g/mol. The SMILES string of the molecule is CN=C(NCCCOC(C)C)N(C)CCOc1ccccc1.I. The average Bonchev–Trinajstić information content (AvgIpc) is 2.51. The Morgan fingerprint density at radius 2 is 1.91 bits per heavy atom. The van der Waals surface area contributed by atoms with E-state index in [-0.39, 0.29) is 30.1 Å². The maximum atomic E-state index is 5.70. The number of rotatable bonds is 9. The molecule has 0 aliphatic rings. The first-order valence-electron chi connectivity index (χ1n) is 7.84. The molecule has 0 aromatic heterocycles. The molecular weight excluding hydrogens is 405 g/mol. The van der Waals surface area contributed by atoms with Gasteiger partial charge in [-0.15, -0.1) is 24.0 Å². The largest absolute Gasteiger partial charge is 0.492 e. The lowest BCUT2D eigenvalue weighted by molar-refractivity contribution is 0.0776. The maximum Gasteiger partial charge on any atom is 0.193 e. The van der Waals surface area contributed by atoms with Crippen LogP contribution in [0.2, 0.25) is 0 Å². The van der Waals surface area contributed by atoms with Crippen molar-refractivity contribution in [1.29, 1.82) is 0 Å². The van der Waals surface area contributed by atoms with Gasteiger partial charge in [-0.3, -0.25) is 4.99 Å². The number of nitrogens with zero attached hydrogens (tertiary/aromatic N) is 2. The molecule has 0 amide bonds. The zero-order chi connectivity index (χ0) is 16.2. The number of hydrogen-bond donors (Lipinski definition) is 1. The Hall–Kier alpha value is -1.02. The van der Waals surface area contributed by atoms with Gasteiger partial charge in [0.1, 0.15) is 12.4 Å². The minimum absolute atomic E-state index is 0. The topological polar surface area (TPSA) is 46.1 Å². The Morgan fingerprint density at radius 1 is 1.22 bits per heavy atom. The van der Waals surface area contributed by atoms with Gasteiger partial charge in [-0.2, -0.15) is 0 Å². The first-order chi connectivity index (χ1) is 10.6. The molecule has 0 fully saturated rings. The quantitative estimate of drug-likeness (QED) is 0.281. The van der Waals surface area contributed by atoms with Gasteiger partial charge in [0.05, 0.1) is 12.6 Å². The second-order valence-corrected chi connectivity index (χ2v) is 5.33. The monoisotopic (exact) mass is 435 g/mol. The molecule has 0 spiro atoms. The predicted molar refractivity (Wildman–Crippen MR) is 107 cm³/mol. The number of para-hydroxylation sites is 1. The fourth-order valence-electron chi connectivity index (χ4n) is 1.90. The number of hydrogen-bond acceptors (Lipinski definition) is 3. The molecule has 1 rings (SSSR count). The summed E-state index contributed by atoms with van der Waals surface area (Å²) in [5, 5.41) is 3.33. The van der Waals surface area contributed by atoms with Crippen LogP contribution in [-0.4, -0.2) is 57.4 Å². The summed E-state index contributed by atoms with van der Waals surface area (Å²) in [5.74, 6) is 1.77. The molecule has 5 nitrogen and oxygen atoms in total. The molecule has 0 aliphatic heterocycles. The summed E-state index contributed by atoms with van der Waals surface area (Å²) in [6, 6.07) is 9.84. The van der Waals surface area contributed by atoms with Gasteiger partial charge in [0.2, 0.25) is 0 Å². The number of benzene rings is 1. The Balaban J connectivity index is 0.00000484. The Bertz CT molecular complexity index is 427. The summed E-state index contributed by atoms with van der Waals surface area (Å²) < 4.78 is 11.2. The molecule has 0 atom stereocenters. The normalized spacial score (nSPS) is 11.1. The third-order valence-corrected chi connectivity index (χ3v) is 3.07. The van der Waals surface area contributed by atoms with Crippen LogP contribution in [0.25, 0.3) is 0 Å². The minimum atomic E-state index is 0. The summed E-state index contributed by atoms with van der Waals surface area (Å²) in [4.78, 5) is 6.34. The van der Waals surface area contributed by atoms with Crippen LogP contribution in [0, 0.1) is 0 Å². The van der Waals surface area contributed by atoms with E-state index in [0.717, 1.165) is 37.8 Å². The molecule has 6 heteroatoms. The van der Waals surface area contributed by atoms with Crippen molar-refractivity contribution in [2.24, 2.45) is 4.99 Å². The Kier molecular flexibility index (Phi) is 12.8. The van der Waals surface area contributed by atoms with Gasteiger partial charge < -0.3 is 19.7 Å². The predicted octanol–water partition coefficient (Wildman–Crippen LogP) is 3.01. The highest BCUT2D eigenvalue weighted by Gasteiger charge is 2.05. The summed E-state index contributed by atoms with van der Waals surface area (Å²) >= 11 is 0. The van der Waals surface area contributed by atoms with Gasteiger partial charge in [0.15, 0.2) is 5.96 Å². The molecule has 0 heterocycles. The van der Waals surface area contributed by atoms with Crippen molar-refractivity contribution in [1.82, 2.24) is 10.2 Å². The lowest BCUT2D eigenvalue weighted by atomic mass is 10.3. The minimum Gasteiger partial charge on any atom is -0.492 e. The van der Waals surface area contributed by atoms with Crippen LogP contribution in [0.5, 0.6) is 5.75 Å². The molecule has 0 aliphatic carbocycles. The fourth-order valence-corrected chi connectivity index (χ4v) is 1.90. The van der Waals surface area contributed by atoms with Crippen molar-refractivity contribution in [3.63, 3.8) is 0 Å². The third-order valence-electron chi connectivity index (χ3n) is 3.07. The van der Waals surface area contributed by atoms with E-state index in [1.54, 1.807) is 7.05 Å². The van der Waals surface area contributed by atoms with Gasteiger partial charge in [-0.25, -0.2) is 0 Å². The highest BCUT2D eigenvalue weighted by molar-refractivity contribution is 14.0. The van der Waals surface area contributed by atoms with E-state index in [1.807, 2.05) is 51.2 Å². The molecule has 0 radical (unpaired) electrons. The molecule has 1 N–H and O–H groups in total. The van der Waals surface area contributed by atoms with Crippen LogP contribution < -0.4 is 10.1 Å². The van der Waals surface area contributed by atoms with E-state index < -0.39 is 0 Å². The molecule has 132 valence electrons. The van der Waals surface area contributed by atoms with E-state index >= 15 is 0 Å². The highest BCUT2D eigenvalue weighted by Crippen LogP contribution is 2.07. The van der Waals surface area contributed by atoms with Crippen LogP contribution in [-0.2, 0) is 4.74 Å². The first kappa shape index (κ1) is 22.0. The van der Waals surface area contributed by atoms with Crippen molar-refractivity contribution in [2.75, 3.05) is 40.4 Å². The Labute approximate surface area is 157 Å². The number of nitrogens with one attached hydrogen (secondary N) is 1. The zero-order valence-electron chi connectivity index (χ0n) is 14.6. The van der Waals surface area contributed by atoms with Crippen LogP contribution in [0.3, 0.4) is 0 Å². The van der Waals surface area contributed by atoms with E-state index in [0.29, 0.717) is 6.61 Å². The molecule has 1 aromatic carbocycles. The van der Waals surface area contributed by atoms with Crippen molar-refractivity contribution in [2.45, 2.75) is 26.4 Å². The van der Waals surface area contributed by atoms with Crippen LogP contribution in [0.15, 0.2) is 35.3 Å². The second-order valence-electron chi connectivity index (χ2n) is 5.33. The summed E-state index contributed by atoms with van der Waals surface area (Å²) in [6.45, 7) is 7.11. The van der Waals surface area contributed by atoms with Gasteiger partial charge in [-0.1, -0.05) is 18.2 Å². The lowest BCUT2D eigenvalue weighted by Gasteiger charge is -2.22. The molecule has 1 aromatic rings. The van der Waals surface area contributed by atoms with E-state index in [1.165, 1.54) is 0 Å². The second kappa shape index (κ2) is 13.4. The van der Waals surface area contributed by atoms with Crippen LogP contribution in [0.4, 0.5) is 0 Å². The van der Waals surface area contributed by atoms with Gasteiger partial charge in [-0.05, 0) is 32.4 Å². The standard InChI is InChI=1S/C17H29N3O2.HI/c1-15(2)21-13-8-11-19-17(18-3)20(4)12-14-22-16-9-6-5-7-10-16;/h5-7,9-10,15H,8,11-14H2,1-4H3,(H,18,19);1H. The molecule has 0 saturated carbocycles. The van der Waals surface area contributed by atoms with E-state index in [9.17, 15) is 0 Å². The van der Waals surface area contributed by atoms with E-state index in [2.05, 4.69) is 15.2 Å². The number of halogens is 1. The molecular formula is C17H30IN3O2. The summed E-state index contributed by atoms with van der Waals surface area (Å²) in [5.41, 5.74) is 0. The third kappa shape index (κ3) is 10.4. The summed E-state index contributed by atoms with van der Waals surface area (Å²) in [7, 11) is 3.80. The number of ether oxygens (including phenoxy) is 2. The summed E-state index contributed by atoms with van der Waals surface area (Å²) in [6.07, 6.45) is 1.25. The Morgan fingerprint density at radius 3 is 2.52 bits per heavy atom. The fraction of sp³-hybridized carbons (Fsp3) is 0.588. The molecule has 0 bridgehead atoms. The smallest absolute Gasteiger partial charge is 0.193 e. The maximum absolute atomic E-state index is 5.70. The zero-order valence-corrected chi connectivity index (χ0v) is 16.9. The molecule has 23 heavy (non-hydrogen) atoms. The van der Waals surface area contributed by atoms with Crippen molar-refractivity contribution in [3.8, 4) is 5.75 Å². The van der Waals surface area contributed by atoms with Gasteiger partial charge >= 0.3 is 0 Å². The molecule has 0 unspecified atom stereocenters. The highest BCUT2D eigenvalue weighted by atomic mass is 127. The van der Waals surface area contributed by atoms with Crippen molar-refractivity contribution < 1.29 is 9.47 Å². The van der Waals surface area contributed by atoms with E-state index in [4.69, 9.17) is 9.47 Å². The number of aliphatic imine (C=N–C) groups is 1. The van der Waals surface area contributed by atoms with Crippen LogP contribution in [0.1, 0.15) is 20.3 Å². The number of guanidine groups is 1. The first-order valence-corrected chi connectivity index (χ1v) is 7.84. The van der Waals surface area contributed by atoms with Crippen molar-refractivity contribution in [3.05, 3.63) is 30.3 Å².